The lowest BCUT2D eigenvalue weighted by Crippen LogP contribution is -2.50. The van der Waals surface area contributed by atoms with Gasteiger partial charge < -0.3 is 15.3 Å². The number of rotatable bonds is 1. The van der Waals surface area contributed by atoms with Gasteiger partial charge in [0.05, 0.1) is 18.3 Å². The molecule has 3 heteroatoms. The van der Waals surface area contributed by atoms with Gasteiger partial charge in [0, 0.05) is 5.92 Å². The molecule has 13 heavy (non-hydrogen) atoms. The second-order valence-electron chi connectivity index (χ2n) is 4.55. The maximum Gasteiger partial charge on any atom is 0.0852 e. The lowest BCUT2D eigenvalue weighted by molar-refractivity contribution is -0.127. The molecule has 0 aromatic carbocycles. The molecule has 3 nitrogen and oxygen atoms in total. The van der Waals surface area contributed by atoms with Crippen molar-refractivity contribution in [3.63, 3.8) is 0 Å². The molecule has 1 rings (SSSR count). The zero-order valence-corrected chi connectivity index (χ0v) is 8.51. The zero-order chi connectivity index (χ0) is 10.2. The quantitative estimate of drug-likeness (QED) is 0.557. The van der Waals surface area contributed by atoms with Gasteiger partial charge >= 0.3 is 0 Å². The summed E-state index contributed by atoms with van der Waals surface area (Å²) >= 11 is 0. The van der Waals surface area contributed by atoms with Gasteiger partial charge in [-0.15, -0.1) is 0 Å². The van der Waals surface area contributed by atoms with Crippen molar-refractivity contribution >= 4 is 0 Å². The van der Waals surface area contributed by atoms with Crippen LogP contribution in [0.25, 0.3) is 0 Å². The number of hydrogen-bond donors (Lipinski definition) is 3. The Hall–Kier alpha value is -0.120. The highest BCUT2D eigenvalue weighted by Gasteiger charge is 2.41. The van der Waals surface area contributed by atoms with E-state index in [9.17, 15) is 15.3 Å². The van der Waals surface area contributed by atoms with Crippen LogP contribution in [0.5, 0.6) is 0 Å². The fraction of sp³-hybridized carbons (Fsp3) is 1.00. The van der Waals surface area contributed by atoms with Crippen molar-refractivity contribution in [2.75, 3.05) is 0 Å². The minimum atomic E-state index is -0.781. The van der Waals surface area contributed by atoms with Crippen LogP contribution in [-0.2, 0) is 0 Å². The Bertz CT molecular complexity index is 170. The number of hydrogen-bond acceptors (Lipinski definition) is 3. The van der Waals surface area contributed by atoms with Crippen LogP contribution in [0.4, 0.5) is 0 Å². The molecule has 0 heterocycles. The summed E-state index contributed by atoms with van der Waals surface area (Å²) < 4.78 is 0. The molecular formula is C10H20O3. The molecule has 0 aliphatic heterocycles. The van der Waals surface area contributed by atoms with Gasteiger partial charge in [0.25, 0.3) is 0 Å². The Labute approximate surface area is 79.4 Å². The fourth-order valence-electron chi connectivity index (χ4n) is 2.09. The van der Waals surface area contributed by atoms with Gasteiger partial charge in [-0.2, -0.15) is 0 Å². The van der Waals surface area contributed by atoms with Crippen LogP contribution in [0.3, 0.4) is 0 Å². The van der Waals surface area contributed by atoms with Gasteiger partial charge in [0.1, 0.15) is 0 Å². The smallest absolute Gasteiger partial charge is 0.0852 e. The topological polar surface area (TPSA) is 60.7 Å². The van der Waals surface area contributed by atoms with Crippen molar-refractivity contribution in [2.45, 2.75) is 45.5 Å². The molecule has 1 saturated carbocycles. The molecule has 1 fully saturated rings. The molecule has 0 aromatic heterocycles. The summed E-state index contributed by atoms with van der Waals surface area (Å²) in [6, 6.07) is 0. The zero-order valence-electron chi connectivity index (χ0n) is 8.51. The molecule has 1 aliphatic carbocycles. The van der Waals surface area contributed by atoms with Gasteiger partial charge in [0.15, 0.2) is 0 Å². The van der Waals surface area contributed by atoms with Crippen molar-refractivity contribution in [2.24, 2.45) is 17.8 Å². The van der Waals surface area contributed by atoms with Crippen molar-refractivity contribution in [1.29, 1.82) is 0 Å². The summed E-state index contributed by atoms with van der Waals surface area (Å²) in [6.07, 6.45) is -1.35. The molecule has 0 saturated heterocycles. The molecule has 0 spiro atoms. The average molecular weight is 188 g/mol. The minimum absolute atomic E-state index is 0.0150. The van der Waals surface area contributed by atoms with Gasteiger partial charge in [-0.1, -0.05) is 20.8 Å². The second kappa shape index (κ2) is 3.95. The molecule has 0 aromatic rings. The Morgan fingerprint density at radius 3 is 2.08 bits per heavy atom. The second-order valence-corrected chi connectivity index (χ2v) is 4.55. The highest BCUT2D eigenvalue weighted by molar-refractivity contribution is 4.91. The van der Waals surface area contributed by atoms with Crippen LogP contribution in [-0.4, -0.2) is 33.6 Å². The minimum Gasteiger partial charge on any atom is -0.393 e. The first-order chi connectivity index (χ1) is 5.95. The van der Waals surface area contributed by atoms with Crippen LogP contribution in [0, 0.1) is 17.8 Å². The normalized spacial score (nSPS) is 46.8. The van der Waals surface area contributed by atoms with Crippen LogP contribution in [0.2, 0.25) is 0 Å². The molecule has 0 radical (unpaired) electrons. The number of aliphatic hydroxyl groups excluding tert-OH is 3. The largest absolute Gasteiger partial charge is 0.393 e. The SMILES string of the molecule is CC(C)C1CC(O)C(C)C(O)C1O. The number of aliphatic hydroxyl groups is 3. The Kier molecular flexibility index (Phi) is 3.33. The van der Waals surface area contributed by atoms with Gasteiger partial charge in [0.2, 0.25) is 0 Å². The van der Waals surface area contributed by atoms with Gasteiger partial charge in [-0.25, -0.2) is 0 Å². The Balaban J connectivity index is 2.70. The summed E-state index contributed by atoms with van der Waals surface area (Å²) in [5.74, 6) is 0.0954. The molecule has 5 atom stereocenters. The third-order valence-electron chi connectivity index (χ3n) is 3.30. The first-order valence-corrected chi connectivity index (χ1v) is 4.99. The van der Waals surface area contributed by atoms with E-state index in [1.54, 1.807) is 6.92 Å². The summed E-state index contributed by atoms with van der Waals surface area (Å²) in [4.78, 5) is 0. The maximum absolute atomic E-state index is 9.73. The fourth-order valence-corrected chi connectivity index (χ4v) is 2.09. The van der Waals surface area contributed by atoms with E-state index in [1.807, 2.05) is 13.8 Å². The molecule has 1 aliphatic rings. The highest BCUT2D eigenvalue weighted by Crippen LogP contribution is 2.33. The van der Waals surface area contributed by atoms with E-state index in [-0.39, 0.29) is 11.8 Å². The van der Waals surface area contributed by atoms with Crippen molar-refractivity contribution < 1.29 is 15.3 Å². The van der Waals surface area contributed by atoms with E-state index in [4.69, 9.17) is 0 Å². The van der Waals surface area contributed by atoms with E-state index in [2.05, 4.69) is 0 Å². The molecule has 3 N–H and O–H groups in total. The van der Waals surface area contributed by atoms with Crippen LogP contribution >= 0.6 is 0 Å². The predicted molar refractivity (Wildman–Crippen MR) is 50.1 cm³/mol. The first-order valence-electron chi connectivity index (χ1n) is 4.99. The van der Waals surface area contributed by atoms with Gasteiger partial charge in [-0.05, 0) is 18.3 Å². The lowest BCUT2D eigenvalue weighted by Gasteiger charge is -2.41. The Morgan fingerprint density at radius 2 is 1.62 bits per heavy atom. The van der Waals surface area contributed by atoms with Crippen LogP contribution in [0.15, 0.2) is 0 Å². The van der Waals surface area contributed by atoms with Crippen molar-refractivity contribution in [1.82, 2.24) is 0 Å². The molecule has 5 unspecified atom stereocenters. The third-order valence-corrected chi connectivity index (χ3v) is 3.30. The van der Waals surface area contributed by atoms with Crippen LogP contribution < -0.4 is 0 Å². The average Bonchev–Trinajstić information content (AvgIpc) is 2.07. The van der Waals surface area contributed by atoms with Crippen molar-refractivity contribution in [3.05, 3.63) is 0 Å². The summed E-state index contributed by atoms with van der Waals surface area (Å²) in [5, 5.41) is 29.0. The summed E-state index contributed by atoms with van der Waals surface area (Å²) in [5.41, 5.74) is 0. The van der Waals surface area contributed by atoms with E-state index in [1.165, 1.54) is 0 Å². The first kappa shape index (κ1) is 11.0. The van der Waals surface area contributed by atoms with Crippen LogP contribution in [0.1, 0.15) is 27.2 Å². The van der Waals surface area contributed by atoms with Crippen molar-refractivity contribution in [3.8, 4) is 0 Å². The third kappa shape index (κ3) is 2.03. The molecular weight excluding hydrogens is 168 g/mol. The monoisotopic (exact) mass is 188 g/mol. The highest BCUT2D eigenvalue weighted by atomic mass is 16.3. The summed E-state index contributed by atoms with van der Waals surface area (Å²) in [7, 11) is 0. The van der Waals surface area contributed by atoms with E-state index < -0.39 is 18.3 Å². The van der Waals surface area contributed by atoms with E-state index in [0.717, 1.165) is 0 Å². The Morgan fingerprint density at radius 1 is 1.08 bits per heavy atom. The summed E-state index contributed by atoms with van der Waals surface area (Å²) in [6.45, 7) is 5.78. The predicted octanol–water partition coefficient (Wildman–Crippen LogP) is 0.381. The van der Waals surface area contributed by atoms with Gasteiger partial charge in [-0.3, -0.25) is 0 Å². The molecule has 0 bridgehead atoms. The maximum atomic E-state index is 9.73. The molecule has 0 amide bonds. The van der Waals surface area contributed by atoms with E-state index in [0.29, 0.717) is 12.3 Å². The van der Waals surface area contributed by atoms with E-state index >= 15 is 0 Å². The standard InChI is InChI=1S/C10H20O3/c1-5(2)7-4-8(11)6(3)9(12)10(7)13/h5-13H,4H2,1-3H3. The lowest BCUT2D eigenvalue weighted by atomic mass is 9.72. The molecule has 78 valence electrons.